The molecule has 1 aromatic carbocycles. The second-order valence-corrected chi connectivity index (χ2v) is 4.30. The summed E-state index contributed by atoms with van der Waals surface area (Å²) in [5.41, 5.74) is 1.02. The molecule has 1 heterocycles. The molecule has 14 heavy (non-hydrogen) atoms. The van der Waals surface area contributed by atoms with Crippen LogP contribution in [0.3, 0.4) is 0 Å². The van der Waals surface area contributed by atoms with Crippen LogP contribution < -0.4 is 0 Å². The van der Waals surface area contributed by atoms with Crippen LogP contribution in [0.25, 0.3) is 0 Å². The lowest BCUT2D eigenvalue weighted by Crippen LogP contribution is -2.31. The highest BCUT2D eigenvalue weighted by Gasteiger charge is 2.38. The Morgan fingerprint density at radius 2 is 1.79 bits per heavy atom. The third-order valence-corrected chi connectivity index (χ3v) is 2.80. The maximum Gasteiger partial charge on any atom is 0.180 e. The zero-order valence-corrected chi connectivity index (χ0v) is 8.83. The van der Waals surface area contributed by atoms with Crippen LogP contribution in [0.4, 0.5) is 0 Å². The Bertz CT molecular complexity index is 291. The molecular weight excluding hydrogens is 200 g/mol. The molecule has 1 saturated heterocycles. The van der Waals surface area contributed by atoms with Crippen molar-refractivity contribution < 1.29 is 9.47 Å². The fourth-order valence-electron chi connectivity index (χ4n) is 1.57. The number of alkyl halides is 1. The SMILES string of the molecule is CC(Cl)(c1ccccc1)C1OCCO1. The van der Waals surface area contributed by atoms with Crippen LogP contribution in [0.15, 0.2) is 30.3 Å². The number of hydrogen-bond donors (Lipinski definition) is 0. The zero-order valence-electron chi connectivity index (χ0n) is 8.07. The Balaban J connectivity index is 2.22. The van der Waals surface area contributed by atoms with Gasteiger partial charge in [0.25, 0.3) is 0 Å². The van der Waals surface area contributed by atoms with Gasteiger partial charge in [-0.2, -0.15) is 0 Å². The average molecular weight is 213 g/mol. The van der Waals surface area contributed by atoms with Gasteiger partial charge < -0.3 is 9.47 Å². The van der Waals surface area contributed by atoms with E-state index in [2.05, 4.69) is 0 Å². The predicted molar refractivity (Wildman–Crippen MR) is 55.3 cm³/mol. The van der Waals surface area contributed by atoms with E-state index in [4.69, 9.17) is 21.1 Å². The Hall–Kier alpha value is -0.570. The first kappa shape index (κ1) is 9.97. The summed E-state index contributed by atoms with van der Waals surface area (Å²) in [6.45, 7) is 3.17. The minimum absolute atomic E-state index is 0.341. The topological polar surface area (TPSA) is 18.5 Å². The van der Waals surface area contributed by atoms with E-state index in [1.165, 1.54) is 0 Å². The van der Waals surface area contributed by atoms with Crippen molar-refractivity contribution in [2.45, 2.75) is 18.1 Å². The van der Waals surface area contributed by atoms with E-state index in [1.807, 2.05) is 37.3 Å². The van der Waals surface area contributed by atoms with Gasteiger partial charge in [-0.3, -0.25) is 0 Å². The van der Waals surface area contributed by atoms with Crippen molar-refractivity contribution in [3.63, 3.8) is 0 Å². The number of benzene rings is 1. The van der Waals surface area contributed by atoms with E-state index < -0.39 is 4.87 Å². The maximum absolute atomic E-state index is 6.42. The largest absolute Gasteiger partial charge is 0.348 e. The lowest BCUT2D eigenvalue weighted by atomic mass is 10.00. The van der Waals surface area contributed by atoms with Gasteiger partial charge in [-0.1, -0.05) is 30.3 Å². The molecule has 2 nitrogen and oxygen atoms in total. The second kappa shape index (κ2) is 3.89. The number of ether oxygens (including phenoxy) is 2. The lowest BCUT2D eigenvalue weighted by molar-refractivity contribution is -0.0695. The molecule has 0 saturated carbocycles. The fraction of sp³-hybridized carbons (Fsp3) is 0.455. The van der Waals surface area contributed by atoms with Gasteiger partial charge in [0.2, 0.25) is 0 Å². The summed E-state index contributed by atoms with van der Waals surface area (Å²) < 4.78 is 10.8. The van der Waals surface area contributed by atoms with Crippen molar-refractivity contribution >= 4 is 11.6 Å². The van der Waals surface area contributed by atoms with E-state index in [1.54, 1.807) is 0 Å². The zero-order chi connectivity index (χ0) is 10.0. The molecule has 1 aromatic rings. The fourth-order valence-corrected chi connectivity index (χ4v) is 1.82. The summed E-state index contributed by atoms with van der Waals surface area (Å²) in [5.74, 6) is 0. The molecule has 0 aromatic heterocycles. The van der Waals surface area contributed by atoms with Crippen LogP contribution in [0, 0.1) is 0 Å². The Morgan fingerprint density at radius 1 is 1.21 bits per heavy atom. The standard InChI is InChI=1S/C11H13ClO2/c1-11(12,10-13-7-8-14-10)9-5-3-2-4-6-9/h2-6,10H,7-8H2,1H3. The van der Waals surface area contributed by atoms with Gasteiger partial charge in [0.05, 0.1) is 13.2 Å². The van der Waals surface area contributed by atoms with E-state index in [9.17, 15) is 0 Å². The molecule has 0 amide bonds. The smallest absolute Gasteiger partial charge is 0.180 e. The third-order valence-electron chi connectivity index (χ3n) is 2.40. The molecule has 1 aliphatic rings. The van der Waals surface area contributed by atoms with E-state index >= 15 is 0 Å². The summed E-state index contributed by atoms with van der Waals surface area (Å²) in [6.07, 6.45) is -0.341. The van der Waals surface area contributed by atoms with Crippen molar-refractivity contribution in [2.75, 3.05) is 13.2 Å². The lowest BCUT2D eigenvalue weighted by Gasteiger charge is -2.27. The molecule has 1 fully saturated rings. The van der Waals surface area contributed by atoms with Gasteiger partial charge >= 0.3 is 0 Å². The molecule has 76 valence electrons. The van der Waals surface area contributed by atoms with Gasteiger partial charge in [0.1, 0.15) is 4.87 Å². The number of halogens is 1. The van der Waals surface area contributed by atoms with Crippen LogP contribution >= 0.6 is 11.6 Å². The summed E-state index contributed by atoms with van der Waals surface area (Å²) in [4.78, 5) is -0.599. The van der Waals surface area contributed by atoms with Gasteiger partial charge in [-0.05, 0) is 12.5 Å². The summed E-state index contributed by atoms with van der Waals surface area (Å²) in [6, 6.07) is 9.86. The number of rotatable bonds is 2. The van der Waals surface area contributed by atoms with Crippen molar-refractivity contribution in [3.8, 4) is 0 Å². The molecule has 1 aliphatic heterocycles. The highest BCUT2D eigenvalue weighted by atomic mass is 35.5. The molecule has 1 atom stereocenters. The highest BCUT2D eigenvalue weighted by Crippen LogP contribution is 2.36. The van der Waals surface area contributed by atoms with Crippen molar-refractivity contribution in [3.05, 3.63) is 35.9 Å². The first-order valence-electron chi connectivity index (χ1n) is 4.69. The molecule has 3 heteroatoms. The number of hydrogen-bond acceptors (Lipinski definition) is 2. The Morgan fingerprint density at radius 3 is 2.36 bits per heavy atom. The minimum atomic E-state index is -0.599. The van der Waals surface area contributed by atoms with Crippen LogP contribution in [-0.2, 0) is 14.3 Å². The highest BCUT2D eigenvalue weighted by molar-refractivity contribution is 6.24. The molecular formula is C11H13ClO2. The van der Waals surface area contributed by atoms with Gasteiger partial charge in [0, 0.05) is 0 Å². The van der Waals surface area contributed by atoms with E-state index in [-0.39, 0.29) is 6.29 Å². The summed E-state index contributed by atoms with van der Waals surface area (Å²) in [7, 11) is 0. The van der Waals surface area contributed by atoms with Crippen LogP contribution in [0.1, 0.15) is 12.5 Å². The van der Waals surface area contributed by atoms with Crippen LogP contribution in [0.5, 0.6) is 0 Å². The monoisotopic (exact) mass is 212 g/mol. The van der Waals surface area contributed by atoms with Crippen LogP contribution in [0.2, 0.25) is 0 Å². The van der Waals surface area contributed by atoms with Gasteiger partial charge in [-0.25, -0.2) is 0 Å². The quantitative estimate of drug-likeness (QED) is 0.702. The summed E-state index contributed by atoms with van der Waals surface area (Å²) >= 11 is 6.42. The van der Waals surface area contributed by atoms with E-state index in [0.29, 0.717) is 13.2 Å². The van der Waals surface area contributed by atoms with Crippen molar-refractivity contribution in [2.24, 2.45) is 0 Å². The Labute approximate surface area is 88.8 Å². The van der Waals surface area contributed by atoms with Gasteiger partial charge in [0.15, 0.2) is 6.29 Å². The first-order chi connectivity index (χ1) is 6.71. The molecule has 0 bridgehead atoms. The minimum Gasteiger partial charge on any atom is -0.348 e. The van der Waals surface area contributed by atoms with Crippen LogP contribution in [-0.4, -0.2) is 19.5 Å². The third kappa shape index (κ3) is 1.78. The maximum atomic E-state index is 6.42. The molecule has 1 unspecified atom stereocenters. The normalized spacial score (nSPS) is 22.1. The van der Waals surface area contributed by atoms with Gasteiger partial charge in [-0.15, -0.1) is 11.6 Å². The van der Waals surface area contributed by atoms with Crippen molar-refractivity contribution in [1.29, 1.82) is 0 Å². The molecule has 0 radical (unpaired) electrons. The summed E-state index contributed by atoms with van der Waals surface area (Å²) in [5, 5.41) is 0. The molecule has 0 aliphatic carbocycles. The second-order valence-electron chi connectivity index (χ2n) is 3.52. The Kier molecular flexibility index (Phi) is 2.77. The molecule has 0 N–H and O–H groups in total. The average Bonchev–Trinajstić information content (AvgIpc) is 2.72. The molecule has 2 rings (SSSR count). The first-order valence-corrected chi connectivity index (χ1v) is 5.07. The predicted octanol–water partition coefficient (Wildman–Crippen LogP) is 2.51. The van der Waals surface area contributed by atoms with E-state index in [0.717, 1.165) is 5.56 Å². The van der Waals surface area contributed by atoms with Crippen molar-refractivity contribution in [1.82, 2.24) is 0 Å². The molecule has 0 spiro atoms.